The minimum atomic E-state index is 0.283. The zero-order chi connectivity index (χ0) is 8.97. The van der Waals surface area contributed by atoms with E-state index in [0.717, 1.165) is 0 Å². The van der Waals surface area contributed by atoms with Gasteiger partial charge in [-0.3, -0.25) is 0 Å². The molecule has 0 aliphatic rings. The maximum Gasteiger partial charge on any atom is 0.322 e. The lowest BCUT2D eigenvalue weighted by Crippen LogP contribution is -2.02. The highest BCUT2D eigenvalue weighted by molar-refractivity contribution is 5.03. The van der Waals surface area contributed by atoms with E-state index in [2.05, 4.69) is 15.0 Å². The zero-order valence-corrected chi connectivity index (χ0v) is 7.37. The molecule has 0 saturated heterocycles. The van der Waals surface area contributed by atoms with Gasteiger partial charge in [0.1, 0.15) is 5.82 Å². The Morgan fingerprint density at radius 3 is 2.42 bits per heavy atom. The lowest BCUT2D eigenvalue weighted by molar-refractivity contribution is 0.295. The van der Waals surface area contributed by atoms with E-state index in [1.165, 1.54) is 7.11 Å². The number of ether oxygens (including phenoxy) is 2. The second-order valence-electron chi connectivity index (χ2n) is 2.08. The van der Waals surface area contributed by atoms with Crippen LogP contribution in [0.15, 0.2) is 0 Å². The Morgan fingerprint density at radius 1 is 1.17 bits per heavy atom. The lowest BCUT2D eigenvalue weighted by atomic mass is 10.7. The average Bonchev–Trinajstić information content (AvgIpc) is 2.04. The topological polar surface area (TPSA) is 57.1 Å². The van der Waals surface area contributed by atoms with Crippen molar-refractivity contribution in [1.29, 1.82) is 0 Å². The summed E-state index contributed by atoms with van der Waals surface area (Å²) < 4.78 is 9.93. The summed E-state index contributed by atoms with van der Waals surface area (Å²) in [4.78, 5) is 11.7. The third-order valence-corrected chi connectivity index (χ3v) is 1.16. The maximum absolute atomic E-state index is 5.09. The van der Waals surface area contributed by atoms with E-state index >= 15 is 0 Å². The van der Waals surface area contributed by atoms with Crippen molar-refractivity contribution in [3.8, 4) is 12.0 Å². The van der Waals surface area contributed by atoms with Crippen LogP contribution in [0.1, 0.15) is 12.7 Å². The van der Waals surface area contributed by atoms with Gasteiger partial charge in [-0.1, -0.05) is 0 Å². The SMILES string of the molecule is CCOc1nc(C)nc(OC)n1. The van der Waals surface area contributed by atoms with Gasteiger partial charge < -0.3 is 9.47 Å². The quantitative estimate of drug-likeness (QED) is 0.662. The molecular formula is C7H11N3O2. The van der Waals surface area contributed by atoms with Gasteiger partial charge in [-0.15, -0.1) is 4.98 Å². The van der Waals surface area contributed by atoms with Gasteiger partial charge in [-0.05, 0) is 13.8 Å². The molecule has 0 aliphatic heterocycles. The highest BCUT2D eigenvalue weighted by Gasteiger charge is 2.02. The van der Waals surface area contributed by atoms with Gasteiger partial charge >= 0.3 is 12.0 Å². The molecule has 0 aliphatic carbocycles. The molecule has 0 fully saturated rings. The minimum Gasteiger partial charge on any atom is -0.467 e. The van der Waals surface area contributed by atoms with Gasteiger partial charge in [0.05, 0.1) is 13.7 Å². The summed E-state index contributed by atoms with van der Waals surface area (Å²) in [6.07, 6.45) is 0. The fourth-order valence-corrected chi connectivity index (χ4v) is 0.719. The molecule has 5 nitrogen and oxygen atoms in total. The summed E-state index contributed by atoms with van der Waals surface area (Å²) in [6, 6.07) is 0.591. The molecule has 0 saturated carbocycles. The van der Waals surface area contributed by atoms with Crippen molar-refractivity contribution < 1.29 is 9.47 Å². The van der Waals surface area contributed by atoms with Crippen LogP contribution in [0, 0.1) is 6.92 Å². The Hall–Kier alpha value is -1.39. The van der Waals surface area contributed by atoms with Crippen molar-refractivity contribution in [3.05, 3.63) is 5.82 Å². The minimum absolute atomic E-state index is 0.283. The first kappa shape index (κ1) is 8.70. The van der Waals surface area contributed by atoms with E-state index in [0.29, 0.717) is 18.4 Å². The predicted molar refractivity (Wildman–Crippen MR) is 42.3 cm³/mol. The van der Waals surface area contributed by atoms with E-state index in [1.807, 2.05) is 6.92 Å². The Labute approximate surface area is 70.8 Å². The third-order valence-electron chi connectivity index (χ3n) is 1.16. The van der Waals surface area contributed by atoms with Crippen molar-refractivity contribution >= 4 is 0 Å². The first-order valence-corrected chi connectivity index (χ1v) is 3.65. The van der Waals surface area contributed by atoms with Crippen LogP contribution in [0.25, 0.3) is 0 Å². The van der Waals surface area contributed by atoms with Gasteiger partial charge in [0.15, 0.2) is 0 Å². The monoisotopic (exact) mass is 169 g/mol. The van der Waals surface area contributed by atoms with E-state index < -0.39 is 0 Å². The van der Waals surface area contributed by atoms with Crippen LogP contribution in [0.3, 0.4) is 0 Å². The molecule has 0 spiro atoms. The smallest absolute Gasteiger partial charge is 0.322 e. The summed E-state index contributed by atoms with van der Waals surface area (Å²) in [5.41, 5.74) is 0. The molecule has 5 heteroatoms. The Bertz CT molecular complexity index is 265. The number of methoxy groups -OCH3 is 1. The second-order valence-corrected chi connectivity index (χ2v) is 2.08. The van der Waals surface area contributed by atoms with E-state index in [-0.39, 0.29) is 6.01 Å². The maximum atomic E-state index is 5.09. The van der Waals surface area contributed by atoms with Gasteiger partial charge in [-0.2, -0.15) is 9.97 Å². The third kappa shape index (κ3) is 2.05. The summed E-state index contributed by atoms with van der Waals surface area (Å²) in [5.74, 6) is 0.588. The summed E-state index contributed by atoms with van der Waals surface area (Å²) >= 11 is 0. The number of hydrogen-bond donors (Lipinski definition) is 0. The van der Waals surface area contributed by atoms with Crippen LogP contribution in [-0.4, -0.2) is 28.7 Å². The van der Waals surface area contributed by atoms with Gasteiger partial charge in [-0.25, -0.2) is 0 Å². The predicted octanol–water partition coefficient (Wildman–Crippen LogP) is 0.587. The van der Waals surface area contributed by atoms with Crippen LogP contribution in [0.5, 0.6) is 12.0 Å². The molecule has 0 radical (unpaired) electrons. The largest absolute Gasteiger partial charge is 0.467 e. The first-order valence-electron chi connectivity index (χ1n) is 3.65. The van der Waals surface area contributed by atoms with E-state index in [9.17, 15) is 0 Å². The van der Waals surface area contributed by atoms with Gasteiger partial charge in [0, 0.05) is 0 Å². The second kappa shape index (κ2) is 3.85. The molecule has 1 heterocycles. The van der Waals surface area contributed by atoms with Gasteiger partial charge in [0.25, 0.3) is 0 Å². The number of nitrogens with zero attached hydrogens (tertiary/aromatic N) is 3. The molecule has 0 amide bonds. The highest BCUT2D eigenvalue weighted by Crippen LogP contribution is 2.07. The summed E-state index contributed by atoms with van der Waals surface area (Å²) in [6.45, 7) is 4.16. The van der Waals surface area contributed by atoms with Crippen LogP contribution in [0.2, 0.25) is 0 Å². The fraction of sp³-hybridized carbons (Fsp3) is 0.571. The van der Waals surface area contributed by atoms with Crippen LogP contribution >= 0.6 is 0 Å². The number of hydrogen-bond acceptors (Lipinski definition) is 5. The molecule has 0 bridgehead atoms. The molecule has 12 heavy (non-hydrogen) atoms. The molecule has 0 N–H and O–H groups in total. The zero-order valence-electron chi connectivity index (χ0n) is 7.37. The van der Waals surface area contributed by atoms with Crippen LogP contribution < -0.4 is 9.47 Å². The average molecular weight is 169 g/mol. The molecule has 0 unspecified atom stereocenters. The van der Waals surface area contributed by atoms with Crippen LogP contribution in [-0.2, 0) is 0 Å². The lowest BCUT2D eigenvalue weighted by Gasteiger charge is -2.02. The number of aromatic nitrogens is 3. The standard InChI is InChI=1S/C7H11N3O2/c1-4-12-7-9-5(2)8-6(10-7)11-3/h4H2,1-3H3. The molecule has 66 valence electrons. The van der Waals surface area contributed by atoms with Crippen molar-refractivity contribution in [1.82, 2.24) is 15.0 Å². The molecule has 0 aromatic carbocycles. The Balaban J connectivity index is 2.90. The number of rotatable bonds is 3. The number of aryl methyl sites for hydroxylation is 1. The Morgan fingerprint density at radius 2 is 1.83 bits per heavy atom. The molecule has 1 aromatic rings. The highest BCUT2D eigenvalue weighted by atomic mass is 16.5. The van der Waals surface area contributed by atoms with E-state index in [1.54, 1.807) is 6.92 Å². The fourth-order valence-electron chi connectivity index (χ4n) is 0.719. The summed E-state index contributed by atoms with van der Waals surface area (Å²) in [5, 5.41) is 0. The van der Waals surface area contributed by atoms with Crippen molar-refractivity contribution in [2.45, 2.75) is 13.8 Å². The summed E-state index contributed by atoms with van der Waals surface area (Å²) in [7, 11) is 1.50. The molecule has 1 rings (SSSR count). The van der Waals surface area contributed by atoms with E-state index in [4.69, 9.17) is 9.47 Å². The van der Waals surface area contributed by atoms with Crippen LogP contribution in [0.4, 0.5) is 0 Å². The van der Waals surface area contributed by atoms with Crippen molar-refractivity contribution in [2.75, 3.05) is 13.7 Å². The molecule has 0 atom stereocenters. The molecular weight excluding hydrogens is 158 g/mol. The van der Waals surface area contributed by atoms with Crippen molar-refractivity contribution in [2.24, 2.45) is 0 Å². The van der Waals surface area contributed by atoms with Gasteiger partial charge in [0.2, 0.25) is 0 Å². The van der Waals surface area contributed by atoms with Crippen molar-refractivity contribution in [3.63, 3.8) is 0 Å². The normalized spacial score (nSPS) is 9.58. The Kier molecular flexibility index (Phi) is 2.79. The molecule has 1 aromatic heterocycles. The first-order chi connectivity index (χ1) is 5.76.